The third-order valence-electron chi connectivity index (χ3n) is 3.86. The number of benzene rings is 1. The second kappa shape index (κ2) is 5.38. The summed E-state index contributed by atoms with van der Waals surface area (Å²) in [6.45, 7) is 2.38. The topological polar surface area (TPSA) is 20.2 Å². The van der Waals surface area contributed by atoms with Crippen LogP contribution in [0.4, 0.5) is 0 Å². The molecule has 1 aromatic rings. The molecule has 2 rings (SSSR count). The van der Waals surface area contributed by atoms with Crippen molar-refractivity contribution in [1.29, 1.82) is 0 Å². The average Bonchev–Trinajstić information content (AvgIpc) is 2.25. The van der Waals surface area contributed by atoms with E-state index in [0.717, 1.165) is 5.92 Å². The highest BCUT2D eigenvalue weighted by Gasteiger charge is 2.15. The Labute approximate surface area is 98.5 Å². The minimum atomic E-state index is 0.378. The molecule has 16 heavy (non-hydrogen) atoms. The molecular formula is C15H22O. The standard InChI is InChI=1S/C15H22O/c1-12-4-2-6-13(7-3-5-12)14-8-10-15(16)11-9-14/h8-13,16H,2-7H2,1H3. The molecule has 0 saturated heterocycles. The molecular weight excluding hydrogens is 196 g/mol. The normalized spacial score (nSPS) is 27.1. The first-order valence-corrected chi connectivity index (χ1v) is 6.54. The second-order valence-corrected chi connectivity index (χ2v) is 5.26. The lowest BCUT2D eigenvalue weighted by Crippen LogP contribution is -2.06. The summed E-state index contributed by atoms with van der Waals surface area (Å²) in [5.41, 5.74) is 1.41. The molecule has 1 heteroatoms. The zero-order valence-electron chi connectivity index (χ0n) is 10.2. The predicted molar refractivity (Wildman–Crippen MR) is 67.7 cm³/mol. The fourth-order valence-corrected chi connectivity index (χ4v) is 2.79. The predicted octanol–water partition coefficient (Wildman–Crippen LogP) is 4.47. The number of hydrogen-bond acceptors (Lipinski definition) is 1. The molecule has 0 amide bonds. The van der Waals surface area contributed by atoms with Gasteiger partial charge in [0.2, 0.25) is 0 Å². The Morgan fingerprint density at radius 1 is 0.938 bits per heavy atom. The van der Waals surface area contributed by atoms with E-state index in [1.165, 1.54) is 44.1 Å². The number of hydrogen-bond donors (Lipinski definition) is 1. The van der Waals surface area contributed by atoms with Crippen molar-refractivity contribution in [3.8, 4) is 5.75 Å². The van der Waals surface area contributed by atoms with Crippen LogP contribution in [0.2, 0.25) is 0 Å². The van der Waals surface area contributed by atoms with Gasteiger partial charge in [0.25, 0.3) is 0 Å². The van der Waals surface area contributed by atoms with E-state index in [9.17, 15) is 5.11 Å². The highest BCUT2D eigenvalue weighted by atomic mass is 16.3. The summed E-state index contributed by atoms with van der Waals surface area (Å²) in [4.78, 5) is 0. The average molecular weight is 218 g/mol. The van der Waals surface area contributed by atoms with Gasteiger partial charge in [-0.15, -0.1) is 0 Å². The molecule has 0 aliphatic heterocycles. The largest absolute Gasteiger partial charge is 0.508 e. The number of phenols is 1. The molecule has 1 aliphatic rings. The number of rotatable bonds is 1. The van der Waals surface area contributed by atoms with E-state index in [0.29, 0.717) is 11.7 Å². The fourth-order valence-electron chi connectivity index (χ4n) is 2.79. The fraction of sp³-hybridized carbons (Fsp3) is 0.600. The van der Waals surface area contributed by atoms with Gasteiger partial charge in [0.1, 0.15) is 5.75 Å². The zero-order chi connectivity index (χ0) is 11.4. The molecule has 1 fully saturated rings. The summed E-state index contributed by atoms with van der Waals surface area (Å²) < 4.78 is 0. The van der Waals surface area contributed by atoms with Gasteiger partial charge in [-0.2, -0.15) is 0 Å². The Morgan fingerprint density at radius 2 is 1.50 bits per heavy atom. The van der Waals surface area contributed by atoms with Crippen molar-refractivity contribution in [2.45, 2.75) is 51.4 Å². The maximum atomic E-state index is 9.29. The zero-order valence-corrected chi connectivity index (χ0v) is 10.2. The Bertz CT molecular complexity index is 305. The number of aromatic hydroxyl groups is 1. The van der Waals surface area contributed by atoms with Crippen LogP contribution >= 0.6 is 0 Å². The van der Waals surface area contributed by atoms with Crippen LogP contribution in [0.1, 0.15) is 56.9 Å². The van der Waals surface area contributed by atoms with E-state index < -0.39 is 0 Å². The molecule has 1 aromatic carbocycles. The summed E-state index contributed by atoms with van der Waals surface area (Å²) in [5.74, 6) is 2.01. The maximum Gasteiger partial charge on any atom is 0.115 e. The summed E-state index contributed by atoms with van der Waals surface area (Å²) >= 11 is 0. The van der Waals surface area contributed by atoms with Gasteiger partial charge in [-0.3, -0.25) is 0 Å². The summed E-state index contributed by atoms with van der Waals surface area (Å²) in [6.07, 6.45) is 8.10. The molecule has 1 N–H and O–H groups in total. The van der Waals surface area contributed by atoms with Crippen molar-refractivity contribution in [2.75, 3.05) is 0 Å². The van der Waals surface area contributed by atoms with Crippen molar-refractivity contribution in [2.24, 2.45) is 5.92 Å². The van der Waals surface area contributed by atoms with Crippen molar-refractivity contribution < 1.29 is 5.11 Å². The first-order chi connectivity index (χ1) is 7.75. The van der Waals surface area contributed by atoms with E-state index in [-0.39, 0.29) is 0 Å². The van der Waals surface area contributed by atoms with Gasteiger partial charge in [-0.1, -0.05) is 44.7 Å². The van der Waals surface area contributed by atoms with Gasteiger partial charge in [0.15, 0.2) is 0 Å². The van der Waals surface area contributed by atoms with Crippen molar-refractivity contribution in [1.82, 2.24) is 0 Å². The molecule has 1 saturated carbocycles. The van der Waals surface area contributed by atoms with Crippen LogP contribution in [0.25, 0.3) is 0 Å². The lowest BCUT2D eigenvalue weighted by atomic mass is 9.83. The minimum absolute atomic E-state index is 0.378. The lowest BCUT2D eigenvalue weighted by Gasteiger charge is -2.22. The maximum absolute atomic E-state index is 9.29. The van der Waals surface area contributed by atoms with Gasteiger partial charge >= 0.3 is 0 Å². The first kappa shape index (κ1) is 11.5. The van der Waals surface area contributed by atoms with Gasteiger partial charge in [0, 0.05) is 0 Å². The van der Waals surface area contributed by atoms with Crippen LogP contribution in [0, 0.1) is 5.92 Å². The minimum Gasteiger partial charge on any atom is -0.508 e. The quantitative estimate of drug-likeness (QED) is 0.737. The molecule has 0 unspecified atom stereocenters. The molecule has 0 aromatic heterocycles. The first-order valence-electron chi connectivity index (χ1n) is 6.54. The van der Waals surface area contributed by atoms with Crippen LogP contribution in [-0.4, -0.2) is 5.11 Å². The van der Waals surface area contributed by atoms with E-state index >= 15 is 0 Å². The Balaban J connectivity index is 2.00. The highest BCUT2D eigenvalue weighted by Crippen LogP contribution is 2.33. The van der Waals surface area contributed by atoms with E-state index in [1.807, 2.05) is 12.1 Å². The Kier molecular flexibility index (Phi) is 3.87. The molecule has 1 aliphatic carbocycles. The van der Waals surface area contributed by atoms with Gasteiger partial charge in [-0.25, -0.2) is 0 Å². The molecule has 0 radical (unpaired) electrons. The number of phenolic OH excluding ortho intramolecular Hbond substituents is 1. The monoisotopic (exact) mass is 218 g/mol. The molecule has 0 spiro atoms. The molecule has 1 nitrogen and oxygen atoms in total. The van der Waals surface area contributed by atoms with Gasteiger partial charge < -0.3 is 5.11 Å². The Morgan fingerprint density at radius 3 is 2.06 bits per heavy atom. The molecule has 0 bridgehead atoms. The van der Waals surface area contributed by atoms with Crippen molar-refractivity contribution in [3.05, 3.63) is 29.8 Å². The SMILES string of the molecule is CC1CCCC(c2ccc(O)cc2)CCC1. The van der Waals surface area contributed by atoms with Gasteiger partial charge in [-0.05, 0) is 42.4 Å². The molecule has 88 valence electrons. The van der Waals surface area contributed by atoms with Crippen LogP contribution in [0.3, 0.4) is 0 Å². The van der Waals surface area contributed by atoms with Crippen molar-refractivity contribution in [3.63, 3.8) is 0 Å². The Hall–Kier alpha value is -0.980. The van der Waals surface area contributed by atoms with Crippen LogP contribution in [0.15, 0.2) is 24.3 Å². The smallest absolute Gasteiger partial charge is 0.115 e. The third kappa shape index (κ3) is 3.01. The van der Waals surface area contributed by atoms with Crippen molar-refractivity contribution >= 4 is 0 Å². The van der Waals surface area contributed by atoms with Crippen LogP contribution in [0.5, 0.6) is 5.75 Å². The summed E-state index contributed by atoms with van der Waals surface area (Å²) in [6, 6.07) is 7.81. The third-order valence-corrected chi connectivity index (χ3v) is 3.86. The van der Waals surface area contributed by atoms with Crippen LogP contribution in [-0.2, 0) is 0 Å². The molecule has 0 atom stereocenters. The summed E-state index contributed by atoms with van der Waals surface area (Å²) in [7, 11) is 0. The van der Waals surface area contributed by atoms with Crippen LogP contribution < -0.4 is 0 Å². The van der Waals surface area contributed by atoms with E-state index in [2.05, 4.69) is 19.1 Å². The highest BCUT2D eigenvalue weighted by molar-refractivity contribution is 5.28. The second-order valence-electron chi connectivity index (χ2n) is 5.26. The lowest BCUT2D eigenvalue weighted by molar-refractivity contribution is 0.378. The summed E-state index contributed by atoms with van der Waals surface area (Å²) in [5, 5.41) is 9.29. The molecule has 0 heterocycles. The van der Waals surface area contributed by atoms with E-state index in [4.69, 9.17) is 0 Å². The van der Waals surface area contributed by atoms with E-state index in [1.54, 1.807) is 0 Å². The van der Waals surface area contributed by atoms with Gasteiger partial charge in [0.05, 0.1) is 0 Å².